The summed E-state index contributed by atoms with van der Waals surface area (Å²) in [6, 6.07) is 6.41. The first-order valence-electron chi connectivity index (χ1n) is 12.4. The van der Waals surface area contributed by atoms with E-state index in [9.17, 15) is 27.9 Å². The zero-order chi connectivity index (χ0) is 31.0. The third kappa shape index (κ3) is 6.57. The second-order valence-electron chi connectivity index (χ2n) is 10.1. The number of rotatable bonds is 8. The summed E-state index contributed by atoms with van der Waals surface area (Å²) in [6.07, 6.45) is -4.14. The molecule has 3 aromatic rings. The zero-order valence-electron chi connectivity index (χ0n) is 22.4. The Bertz CT molecular complexity index is 1470. The van der Waals surface area contributed by atoms with E-state index >= 15 is 8.78 Å². The standard InChI is InChI=1S/C28H25ClF5N3O5/c1-27(2,40)13-42-20-8-9-35-24(22(20)28(32,33)34)37-12-17(21-18(30)10-16(41-3)11-19(21)31)23(26(37)39)36-25(38)14-4-6-15(29)7-5-14/h4-11,17,23,40H,12-13H2,1-3H3,(H,36,38)/t17-,23?/m0/s1. The Morgan fingerprint density at radius 2 is 1.76 bits per heavy atom. The lowest BCUT2D eigenvalue weighted by Gasteiger charge is -2.24. The third-order valence-corrected chi connectivity index (χ3v) is 6.63. The number of hydrogen-bond donors (Lipinski definition) is 2. The Labute approximate surface area is 242 Å². The maximum atomic E-state index is 15.2. The summed E-state index contributed by atoms with van der Waals surface area (Å²) in [5, 5.41) is 12.7. The Kier molecular flexibility index (Phi) is 8.65. The largest absolute Gasteiger partial charge is 0.497 e. The average Bonchev–Trinajstić information content (AvgIpc) is 3.21. The van der Waals surface area contributed by atoms with Gasteiger partial charge in [0.1, 0.15) is 41.3 Å². The smallest absolute Gasteiger partial charge is 0.423 e. The number of anilines is 1. The van der Waals surface area contributed by atoms with E-state index in [1.807, 2.05) is 0 Å². The van der Waals surface area contributed by atoms with Gasteiger partial charge in [0.15, 0.2) is 5.82 Å². The summed E-state index contributed by atoms with van der Waals surface area (Å²) < 4.78 is 83.6. The molecule has 0 radical (unpaired) electrons. The molecule has 8 nitrogen and oxygen atoms in total. The zero-order valence-corrected chi connectivity index (χ0v) is 23.2. The molecule has 1 aliphatic rings. The van der Waals surface area contributed by atoms with Crippen LogP contribution in [0.5, 0.6) is 11.5 Å². The molecule has 4 rings (SSSR count). The van der Waals surface area contributed by atoms with Gasteiger partial charge < -0.3 is 19.9 Å². The van der Waals surface area contributed by atoms with Crippen LogP contribution in [-0.2, 0) is 11.0 Å². The van der Waals surface area contributed by atoms with Crippen LogP contribution in [0.1, 0.15) is 41.3 Å². The minimum Gasteiger partial charge on any atom is -0.497 e. The lowest BCUT2D eigenvalue weighted by molar-refractivity contribution is -0.139. The number of amides is 2. The van der Waals surface area contributed by atoms with Crippen molar-refractivity contribution in [3.05, 3.63) is 82.0 Å². The Hall–Kier alpha value is -3.97. The molecule has 2 aromatic carbocycles. The lowest BCUT2D eigenvalue weighted by Crippen LogP contribution is -2.44. The predicted molar refractivity (Wildman–Crippen MR) is 142 cm³/mol. The van der Waals surface area contributed by atoms with Crippen molar-refractivity contribution in [3.8, 4) is 11.5 Å². The molecule has 1 aliphatic heterocycles. The molecule has 1 aromatic heterocycles. The number of pyridine rings is 1. The Morgan fingerprint density at radius 3 is 2.31 bits per heavy atom. The van der Waals surface area contributed by atoms with Gasteiger partial charge in [-0.05, 0) is 44.2 Å². The molecule has 2 heterocycles. The second-order valence-corrected chi connectivity index (χ2v) is 10.6. The average molecular weight is 614 g/mol. The first-order valence-corrected chi connectivity index (χ1v) is 12.8. The van der Waals surface area contributed by atoms with E-state index in [4.69, 9.17) is 21.1 Å². The van der Waals surface area contributed by atoms with Crippen molar-refractivity contribution in [2.45, 2.75) is 37.6 Å². The summed E-state index contributed by atoms with van der Waals surface area (Å²) in [7, 11) is 1.18. The SMILES string of the molecule is COc1cc(F)c([C@@H]2CN(c3nccc(OCC(C)(C)O)c3C(F)(F)F)C(=O)C2NC(=O)c2ccc(Cl)cc2)c(F)c1. The fourth-order valence-electron chi connectivity index (χ4n) is 4.48. The first kappa shape index (κ1) is 31.0. The van der Waals surface area contributed by atoms with Crippen molar-refractivity contribution in [3.63, 3.8) is 0 Å². The van der Waals surface area contributed by atoms with E-state index in [1.54, 1.807) is 0 Å². The molecule has 1 unspecified atom stereocenters. The summed E-state index contributed by atoms with van der Waals surface area (Å²) in [5.41, 5.74) is -3.55. The number of hydrogen-bond acceptors (Lipinski definition) is 6. The molecule has 224 valence electrons. The van der Waals surface area contributed by atoms with E-state index in [2.05, 4.69) is 10.3 Å². The highest BCUT2D eigenvalue weighted by atomic mass is 35.5. The molecule has 42 heavy (non-hydrogen) atoms. The van der Waals surface area contributed by atoms with Crippen LogP contribution in [0.25, 0.3) is 0 Å². The normalized spacial score (nSPS) is 17.4. The number of alkyl halides is 3. The minimum absolute atomic E-state index is 0.0381. The van der Waals surface area contributed by atoms with Crippen LogP contribution < -0.4 is 19.7 Å². The van der Waals surface area contributed by atoms with Crippen LogP contribution in [0, 0.1) is 11.6 Å². The molecule has 2 N–H and O–H groups in total. The number of carbonyl (C=O) groups is 2. The van der Waals surface area contributed by atoms with Gasteiger partial charge in [0, 0.05) is 46.9 Å². The van der Waals surface area contributed by atoms with Gasteiger partial charge in [-0.25, -0.2) is 13.8 Å². The maximum absolute atomic E-state index is 15.2. The second kappa shape index (κ2) is 11.7. The van der Waals surface area contributed by atoms with Crippen LogP contribution in [0.4, 0.5) is 27.8 Å². The fraction of sp³-hybridized carbons (Fsp3) is 0.321. The monoisotopic (exact) mass is 613 g/mol. The van der Waals surface area contributed by atoms with Gasteiger partial charge in [0.2, 0.25) is 0 Å². The third-order valence-electron chi connectivity index (χ3n) is 6.38. The van der Waals surface area contributed by atoms with Gasteiger partial charge in [-0.1, -0.05) is 11.6 Å². The van der Waals surface area contributed by atoms with Gasteiger partial charge in [0.25, 0.3) is 11.8 Å². The molecule has 14 heteroatoms. The highest BCUT2D eigenvalue weighted by molar-refractivity contribution is 6.30. The number of methoxy groups -OCH3 is 1. The molecule has 2 atom stereocenters. The molecular weight excluding hydrogens is 589 g/mol. The molecule has 0 saturated carbocycles. The highest BCUT2D eigenvalue weighted by Gasteiger charge is 2.49. The highest BCUT2D eigenvalue weighted by Crippen LogP contribution is 2.45. The molecule has 0 spiro atoms. The summed E-state index contributed by atoms with van der Waals surface area (Å²) >= 11 is 5.86. The minimum atomic E-state index is -5.10. The van der Waals surface area contributed by atoms with Gasteiger partial charge in [-0.2, -0.15) is 13.2 Å². The van der Waals surface area contributed by atoms with Crippen LogP contribution in [0.15, 0.2) is 48.7 Å². The molecule has 1 saturated heterocycles. The van der Waals surface area contributed by atoms with Crippen molar-refractivity contribution >= 4 is 29.2 Å². The summed E-state index contributed by atoms with van der Waals surface area (Å²) in [5.74, 6) is -7.49. The van der Waals surface area contributed by atoms with E-state index in [1.165, 1.54) is 45.2 Å². The van der Waals surface area contributed by atoms with Crippen LogP contribution >= 0.6 is 11.6 Å². The molecule has 0 bridgehead atoms. The van der Waals surface area contributed by atoms with Gasteiger partial charge >= 0.3 is 6.18 Å². The molecule has 2 amide bonds. The van der Waals surface area contributed by atoms with Crippen LogP contribution in [0.2, 0.25) is 5.02 Å². The van der Waals surface area contributed by atoms with E-state index in [0.717, 1.165) is 24.4 Å². The van der Waals surface area contributed by atoms with Crippen molar-refractivity contribution in [1.82, 2.24) is 10.3 Å². The predicted octanol–water partition coefficient (Wildman–Crippen LogP) is 5.12. The number of halogens is 6. The number of aliphatic hydroxyl groups is 1. The van der Waals surface area contributed by atoms with Gasteiger partial charge in [-0.15, -0.1) is 0 Å². The number of nitrogens with one attached hydrogen (secondary N) is 1. The van der Waals surface area contributed by atoms with E-state index in [0.29, 0.717) is 9.92 Å². The Morgan fingerprint density at radius 1 is 1.14 bits per heavy atom. The van der Waals surface area contributed by atoms with Gasteiger partial charge in [-0.3, -0.25) is 14.5 Å². The van der Waals surface area contributed by atoms with Crippen molar-refractivity contribution in [2.24, 2.45) is 0 Å². The fourth-order valence-corrected chi connectivity index (χ4v) is 4.61. The number of ether oxygens (including phenoxy) is 2. The maximum Gasteiger partial charge on any atom is 0.423 e. The van der Waals surface area contributed by atoms with Crippen molar-refractivity contribution < 1.29 is 46.1 Å². The Balaban J connectivity index is 1.82. The van der Waals surface area contributed by atoms with Crippen molar-refractivity contribution in [2.75, 3.05) is 25.2 Å². The molecular formula is C28H25ClF5N3O5. The number of benzene rings is 2. The lowest BCUT2D eigenvalue weighted by atomic mass is 9.92. The number of carbonyl (C=O) groups excluding carboxylic acids is 2. The van der Waals surface area contributed by atoms with Crippen molar-refractivity contribution in [1.29, 1.82) is 0 Å². The summed E-state index contributed by atoms with van der Waals surface area (Å²) in [4.78, 5) is 31.1. The van der Waals surface area contributed by atoms with Gasteiger partial charge in [0.05, 0.1) is 12.7 Å². The quantitative estimate of drug-likeness (QED) is 0.342. The first-order chi connectivity index (χ1) is 19.6. The van der Waals surface area contributed by atoms with Crippen LogP contribution in [-0.4, -0.2) is 53.8 Å². The van der Waals surface area contributed by atoms with E-state index < -0.39 is 83.0 Å². The molecule has 1 fully saturated rings. The molecule has 0 aliphatic carbocycles. The number of aromatic nitrogens is 1. The van der Waals surface area contributed by atoms with Crippen LogP contribution in [0.3, 0.4) is 0 Å². The number of nitrogens with zero attached hydrogens (tertiary/aromatic N) is 2. The topological polar surface area (TPSA) is 101 Å². The summed E-state index contributed by atoms with van der Waals surface area (Å²) in [6.45, 7) is 1.43. The van der Waals surface area contributed by atoms with E-state index in [-0.39, 0.29) is 11.3 Å².